The molecule has 0 atom stereocenters. The van der Waals surface area contributed by atoms with Gasteiger partial charge in [-0.25, -0.2) is 10.0 Å². The molecule has 0 heterocycles. The van der Waals surface area contributed by atoms with Gasteiger partial charge in [-0.05, 0) is 0 Å². The summed E-state index contributed by atoms with van der Waals surface area (Å²) in [5, 5.41) is 0. The van der Waals surface area contributed by atoms with E-state index in [0.29, 0.717) is 4.59 Å². The number of hydrogen-bond acceptors (Lipinski definition) is 1. The van der Waals surface area contributed by atoms with Crippen LogP contribution in [0.3, 0.4) is 0 Å². The third-order valence-electron chi connectivity index (χ3n) is 2.36. The molecular formula is C13H21N2O+. The highest BCUT2D eigenvalue weighted by Crippen LogP contribution is 2.07. The third-order valence-corrected chi connectivity index (χ3v) is 2.36. The average Bonchev–Trinajstić information content (AvgIpc) is 2.17. The Bertz CT molecular complexity index is 344. The normalized spacial score (nSPS) is 11.6. The van der Waals surface area contributed by atoms with E-state index in [4.69, 9.17) is 0 Å². The zero-order valence-electron chi connectivity index (χ0n) is 10.5. The summed E-state index contributed by atoms with van der Waals surface area (Å²) >= 11 is 0. The SMILES string of the molecule is CC(C)C(=O)N[N+](C)(C)Cc1ccccc1. The van der Waals surface area contributed by atoms with E-state index in [0.717, 1.165) is 6.54 Å². The van der Waals surface area contributed by atoms with Crippen molar-refractivity contribution in [3.8, 4) is 0 Å². The topological polar surface area (TPSA) is 29.1 Å². The van der Waals surface area contributed by atoms with Crippen molar-refractivity contribution in [3.63, 3.8) is 0 Å². The van der Waals surface area contributed by atoms with Crippen LogP contribution in [0.25, 0.3) is 0 Å². The summed E-state index contributed by atoms with van der Waals surface area (Å²) in [6, 6.07) is 10.2. The van der Waals surface area contributed by atoms with Gasteiger partial charge >= 0.3 is 0 Å². The molecule has 0 spiro atoms. The molecule has 0 bridgehead atoms. The van der Waals surface area contributed by atoms with Crippen LogP contribution in [0.4, 0.5) is 0 Å². The number of nitrogens with one attached hydrogen (secondary N) is 1. The molecule has 1 aromatic rings. The van der Waals surface area contributed by atoms with Crippen LogP contribution in [0.1, 0.15) is 19.4 Å². The molecule has 0 aliphatic carbocycles. The summed E-state index contributed by atoms with van der Waals surface area (Å²) in [6.07, 6.45) is 0. The van der Waals surface area contributed by atoms with Gasteiger partial charge in [0.15, 0.2) is 0 Å². The van der Waals surface area contributed by atoms with Crippen LogP contribution >= 0.6 is 0 Å². The maximum absolute atomic E-state index is 11.6. The van der Waals surface area contributed by atoms with E-state index in [2.05, 4.69) is 17.6 Å². The summed E-state index contributed by atoms with van der Waals surface area (Å²) < 4.78 is 0.473. The smallest absolute Gasteiger partial charge is 0.267 e. The van der Waals surface area contributed by atoms with Gasteiger partial charge < -0.3 is 0 Å². The highest BCUT2D eigenvalue weighted by Gasteiger charge is 2.20. The van der Waals surface area contributed by atoms with Crippen LogP contribution in [0.5, 0.6) is 0 Å². The van der Waals surface area contributed by atoms with E-state index < -0.39 is 0 Å². The van der Waals surface area contributed by atoms with Crippen molar-refractivity contribution in [1.29, 1.82) is 0 Å². The average molecular weight is 221 g/mol. The van der Waals surface area contributed by atoms with Crippen LogP contribution in [0.2, 0.25) is 0 Å². The van der Waals surface area contributed by atoms with E-state index >= 15 is 0 Å². The Morgan fingerprint density at radius 2 is 1.81 bits per heavy atom. The minimum atomic E-state index is 0.0215. The first kappa shape index (κ1) is 12.7. The summed E-state index contributed by atoms with van der Waals surface area (Å²) in [5.74, 6) is 0.106. The minimum absolute atomic E-state index is 0.0215. The molecule has 1 N–H and O–H groups in total. The van der Waals surface area contributed by atoms with Crippen molar-refractivity contribution >= 4 is 5.91 Å². The van der Waals surface area contributed by atoms with Gasteiger partial charge in [0.1, 0.15) is 6.54 Å². The fourth-order valence-electron chi connectivity index (χ4n) is 1.51. The molecule has 1 aromatic carbocycles. The zero-order chi connectivity index (χ0) is 12.2. The molecule has 16 heavy (non-hydrogen) atoms. The lowest BCUT2D eigenvalue weighted by Gasteiger charge is -2.29. The molecule has 0 radical (unpaired) electrons. The second-order valence-corrected chi connectivity index (χ2v) is 4.96. The number of hydrogen-bond donors (Lipinski definition) is 1. The Morgan fingerprint density at radius 3 is 2.31 bits per heavy atom. The molecule has 1 rings (SSSR count). The molecule has 0 fully saturated rings. The van der Waals surface area contributed by atoms with Crippen molar-refractivity contribution < 1.29 is 9.39 Å². The van der Waals surface area contributed by atoms with Crippen LogP contribution in [0, 0.1) is 5.92 Å². The van der Waals surface area contributed by atoms with Crippen molar-refractivity contribution in [2.45, 2.75) is 20.4 Å². The lowest BCUT2D eigenvalue weighted by atomic mass is 10.2. The van der Waals surface area contributed by atoms with Gasteiger partial charge in [0.05, 0.1) is 14.1 Å². The van der Waals surface area contributed by atoms with Crippen molar-refractivity contribution in [1.82, 2.24) is 5.43 Å². The highest BCUT2D eigenvalue weighted by atomic mass is 16.2. The van der Waals surface area contributed by atoms with Gasteiger partial charge in [0, 0.05) is 11.5 Å². The predicted molar refractivity (Wildman–Crippen MR) is 65.2 cm³/mol. The Hall–Kier alpha value is -1.35. The zero-order valence-corrected chi connectivity index (χ0v) is 10.5. The van der Waals surface area contributed by atoms with Crippen molar-refractivity contribution in [3.05, 3.63) is 35.9 Å². The molecule has 3 heteroatoms. The van der Waals surface area contributed by atoms with Gasteiger partial charge in [-0.15, -0.1) is 0 Å². The summed E-state index contributed by atoms with van der Waals surface area (Å²) in [5.41, 5.74) is 4.22. The van der Waals surface area contributed by atoms with Crippen LogP contribution in [0.15, 0.2) is 30.3 Å². The van der Waals surface area contributed by atoms with Crippen LogP contribution < -0.4 is 5.43 Å². The van der Waals surface area contributed by atoms with E-state index in [1.165, 1.54) is 5.56 Å². The predicted octanol–water partition coefficient (Wildman–Crippen LogP) is 1.95. The van der Waals surface area contributed by atoms with Gasteiger partial charge in [-0.3, -0.25) is 4.79 Å². The van der Waals surface area contributed by atoms with E-state index in [9.17, 15) is 4.79 Å². The Kier molecular flexibility index (Phi) is 4.07. The van der Waals surface area contributed by atoms with Crippen LogP contribution in [-0.4, -0.2) is 24.6 Å². The van der Waals surface area contributed by atoms with E-state index in [1.54, 1.807) is 0 Å². The molecule has 0 saturated heterocycles. The first-order valence-corrected chi connectivity index (χ1v) is 5.60. The second-order valence-electron chi connectivity index (χ2n) is 4.96. The fourth-order valence-corrected chi connectivity index (χ4v) is 1.51. The molecule has 0 aliphatic heterocycles. The number of carbonyl (C=O) groups excluding carboxylic acids is 1. The van der Waals surface area contributed by atoms with Gasteiger partial charge in [-0.2, -0.15) is 0 Å². The quantitative estimate of drug-likeness (QED) is 0.611. The molecule has 0 unspecified atom stereocenters. The lowest BCUT2D eigenvalue weighted by molar-refractivity contribution is -0.938. The molecule has 88 valence electrons. The molecule has 0 saturated carbocycles. The summed E-state index contributed by atoms with van der Waals surface area (Å²) in [6.45, 7) is 4.59. The van der Waals surface area contributed by atoms with E-state index in [-0.39, 0.29) is 11.8 Å². The summed E-state index contributed by atoms with van der Waals surface area (Å²) in [7, 11) is 3.99. The fraction of sp³-hybridized carbons (Fsp3) is 0.462. The Morgan fingerprint density at radius 1 is 1.25 bits per heavy atom. The number of quaternary nitrogens is 1. The second kappa shape index (κ2) is 5.12. The molecular weight excluding hydrogens is 200 g/mol. The molecule has 0 aromatic heterocycles. The van der Waals surface area contributed by atoms with Crippen molar-refractivity contribution in [2.75, 3.05) is 14.1 Å². The Labute approximate surface area is 97.6 Å². The van der Waals surface area contributed by atoms with Crippen LogP contribution in [-0.2, 0) is 11.3 Å². The van der Waals surface area contributed by atoms with Gasteiger partial charge in [-0.1, -0.05) is 44.2 Å². The highest BCUT2D eigenvalue weighted by molar-refractivity contribution is 5.76. The summed E-state index contributed by atoms with van der Waals surface area (Å²) in [4.78, 5) is 11.6. The number of carbonyl (C=O) groups is 1. The van der Waals surface area contributed by atoms with Gasteiger partial charge in [0.2, 0.25) is 0 Å². The van der Waals surface area contributed by atoms with E-state index in [1.807, 2.05) is 46.1 Å². The van der Waals surface area contributed by atoms with Gasteiger partial charge in [0.25, 0.3) is 5.91 Å². The first-order valence-electron chi connectivity index (χ1n) is 5.60. The lowest BCUT2D eigenvalue weighted by Crippen LogP contribution is -2.54. The molecule has 1 amide bonds. The number of rotatable bonds is 4. The maximum Gasteiger partial charge on any atom is 0.267 e. The molecule has 3 nitrogen and oxygen atoms in total. The largest absolute Gasteiger partial charge is 0.270 e. The minimum Gasteiger partial charge on any atom is -0.270 e. The number of amides is 1. The number of benzene rings is 1. The van der Waals surface area contributed by atoms with Crippen molar-refractivity contribution in [2.24, 2.45) is 5.92 Å². The standard InChI is InChI=1S/C13H20N2O/c1-11(2)13(16)14-15(3,4)10-12-8-6-5-7-9-12/h5-9,11H,10H2,1-4H3/p+1. The Balaban J connectivity index is 2.62. The third kappa shape index (κ3) is 4.03. The number of nitrogens with zero attached hydrogens (tertiary/aromatic N) is 1. The maximum atomic E-state index is 11.6. The first-order chi connectivity index (χ1) is 7.41. The molecule has 0 aliphatic rings. The monoisotopic (exact) mass is 221 g/mol.